The maximum absolute atomic E-state index is 4.67. The predicted octanol–water partition coefficient (Wildman–Crippen LogP) is 9.45. The second-order valence-corrected chi connectivity index (χ2v) is 9.53. The molecule has 0 atom stereocenters. The molecule has 7 rings (SSSR count). The molecular weight excluding hydrogens is 460 g/mol. The number of benzene rings is 5. The highest BCUT2D eigenvalue weighted by Gasteiger charge is 2.09. The third kappa shape index (κ3) is 4.12. The maximum atomic E-state index is 4.67. The number of nitrogens with zero attached hydrogens (tertiary/aromatic N) is 2. The number of hydrogen-bond acceptors (Lipinski definition) is 2. The van der Waals surface area contributed by atoms with Gasteiger partial charge < -0.3 is 0 Å². The molecule has 0 saturated heterocycles. The average Bonchev–Trinajstić information content (AvgIpc) is 3.01. The third-order valence-electron chi connectivity index (χ3n) is 7.16. The van der Waals surface area contributed by atoms with Crippen molar-refractivity contribution >= 4 is 21.5 Å². The molecule has 2 nitrogen and oxygen atoms in total. The van der Waals surface area contributed by atoms with Gasteiger partial charge in [0, 0.05) is 23.5 Å². The van der Waals surface area contributed by atoms with Crippen molar-refractivity contribution in [3.05, 3.63) is 146 Å². The fourth-order valence-corrected chi connectivity index (χ4v) is 5.19. The number of rotatable bonds is 4. The topological polar surface area (TPSA) is 25.8 Å². The second-order valence-electron chi connectivity index (χ2n) is 9.53. The van der Waals surface area contributed by atoms with Gasteiger partial charge in [0.1, 0.15) is 0 Å². The molecule has 0 aliphatic heterocycles. The first-order chi connectivity index (χ1) is 18.8. The molecule has 2 heteroatoms. The van der Waals surface area contributed by atoms with E-state index in [1.54, 1.807) is 0 Å². The molecule has 7 aromatic rings. The number of aromatic nitrogens is 2. The van der Waals surface area contributed by atoms with E-state index in [-0.39, 0.29) is 0 Å². The first-order valence-electron chi connectivity index (χ1n) is 12.8. The summed E-state index contributed by atoms with van der Waals surface area (Å²) in [5.74, 6) is 0. The van der Waals surface area contributed by atoms with E-state index < -0.39 is 0 Å². The molecule has 0 unspecified atom stereocenters. The molecule has 0 bridgehead atoms. The molecule has 0 spiro atoms. The summed E-state index contributed by atoms with van der Waals surface area (Å²) in [6.45, 7) is 0. The van der Waals surface area contributed by atoms with Crippen molar-refractivity contribution in [3.63, 3.8) is 0 Å². The summed E-state index contributed by atoms with van der Waals surface area (Å²) in [5.41, 5.74) is 8.94. The van der Waals surface area contributed by atoms with Crippen LogP contribution in [0.4, 0.5) is 0 Å². The minimum absolute atomic E-state index is 0.980. The number of fused-ring (bicyclic) bond motifs is 3. The van der Waals surface area contributed by atoms with Crippen LogP contribution >= 0.6 is 0 Å². The van der Waals surface area contributed by atoms with E-state index >= 15 is 0 Å². The predicted molar refractivity (Wildman–Crippen MR) is 159 cm³/mol. The van der Waals surface area contributed by atoms with E-state index in [4.69, 9.17) is 0 Å². The van der Waals surface area contributed by atoms with Crippen molar-refractivity contribution in [2.24, 2.45) is 0 Å². The molecule has 0 aliphatic rings. The van der Waals surface area contributed by atoms with Crippen LogP contribution in [0.15, 0.2) is 146 Å². The van der Waals surface area contributed by atoms with Crippen LogP contribution in [-0.2, 0) is 0 Å². The highest BCUT2D eigenvalue weighted by atomic mass is 14.7. The van der Waals surface area contributed by atoms with Gasteiger partial charge in [-0.2, -0.15) is 0 Å². The van der Waals surface area contributed by atoms with Crippen LogP contribution in [0.25, 0.3) is 66.3 Å². The Morgan fingerprint density at radius 3 is 1.21 bits per heavy atom. The minimum Gasteiger partial charge on any atom is -0.256 e. The Morgan fingerprint density at radius 1 is 0.316 bits per heavy atom. The summed E-state index contributed by atoms with van der Waals surface area (Å²) in [4.78, 5) is 9.34. The second kappa shape index (κ2) is 9.42. The van der Waals surface area contributed by atoms with E-state index in [2.05, 4.69) is 131 Å². The first kappa shape index (κ1) is 22.1. The van der Waals surface area contributed by atoms with Crippen LogP contribution < -0.4 is 0 Å². The normalized spacial score (nSPS) is 11.2. The summed E-state index contributed by atoms with van der Waals surface area (Å²) >= 11 is 0. The van der Waals surface area contributed by atoms with Gasteiger partial charge in [0.15, 0.2) is 0 Å². The van der Waals surface area contributed by atoms with Crippen molar-refractivity contribution in [2.45, 2.75) is 0 Å². The Morgan fingerprint density at radius 2 is 0.763 bits per heavy atom. The molecular formula is C36H24N2. The molecule has 0 saturated carbocycles. The van der Waals surface area contributed by atoms with Crippen LogP contribution in [-0.4, -0.2) is 9.97 Å². The van der Waals surface area contributed by atoms with Crippen molar-refractivity contribution in [1.82, 2.24) is 9.97 Å². The van der Waals surface area contributed by atoms with Gasteiger partial charge in [-0.25, -0.2) is 0 Å². The van der Waals surface area contributed by atoms with Gasteiger partial charge in [-0.15, -0.1) is 0 Å². The summed E-state index contributed by atoms with van der Waals surface area (Å²) in [5, 5.41) is 4.89. The lowest BCUT2D eigenvalue weighted by molar-refractivity contribution is 1.33. The Kier molecular flexibility index (Phi) is 5.49. The summed E-state index contributed by atoms with van der Waals surface area (Å²) in [6.07, 6.45) is 3.79. The van der Waals surface area contributed by atoms with Gasteiger partial charge >= 0.3 is 0 Å². The fraction of sp³-hybridized carbons (Fsp3) is 0. The highest BCUT2D eigenvalue weighted by Crippen LogP contribution is 2.33. The Bertz CT molecular complexity index is 1770. The smallest absolute Gasteiger partial charge is 0.0708 e. The quantitative estimate of drug-likeness (QED) is 0.233. The van der Waals surface area contributed by atoms with Gasteiger partial charge in [-0.05, 0) is 80.2 Å². The van der Waals surface area contributed by atoms with Crippen LogP contribution in [0, 0.1) is 0 Å². The van der Waals surface area contributed by atoms with Gasteiger partial charge in [0.05, 0.1) is 11.4 Å². The lowest BCUT2D eigenvalue weighted by Gasteiger charge is -2.10. The van der Waals surface area contributed by atoms with Crippen LogP contribution in [0.5, 0.6) is 0 Å². The molecule has 178 valence electrons. The molecule has 2 heterocycles. The maximum Gasteiger partial charge on any atom is 0.0708 e. The zero-order valence-corrected chi connectivity index (χ0v) is 20.8. The molecule has 0 fully saturated rings. The Labute approximate surface area is 221 Å². The van der Waals surface area contributed by atoms with Gasteiger partial charge in [0.2, 0.25) is 0 Å². The summed E-state index contributed by atoms with van der Waals surface area (Å²) in [6, 6.07) is 47.0. The monoisotopic (exact) mass is 484 g/mol. The van der Waals surface area contributed by atoms with Crippen molar-refractivity contribution in [3.8, 4) is 44.8 Å². The lowest BCUT2D eigenvalue weighted by atomic mass is 9.96. The molecule has 0 N–H and O–H groups in total. The molecule has 0 radical (unpaired) electrons. The van der Waals surface area contributed by atoms with Crippen molar-refractivity contribution in [1.29, 1.82) is 0 Å². The van der Waals surface area contributed by atoms with E-state index in [9.17, 15) is 0 Å². The van der Waals surface area contributed by atoms with Crippen molar-refractivity contribution in [2.75, 3.05) is 0 Å². The summed E-state index contributed by atoms with van der Waals surface area (Å²) < 4.78 is 0. The van der Waals surface area contributed by atoms with E-state index in [0.717, 1.165) is 22.5 Å². The first-order valence-corrected chi connectivity index (χ1v) is 12.8. The van der Waals surface area contributed by atoms with Crippen molar-refractivity contribution < 1.29 is 0 Å². The number of hydrogen-bond donors (Lipinski definition) is 0. The fourth-order valence-electron chi connectivity index (χ4n) is 5.19. The van der Waals surface area contributed by atoms with Crippen LogP contribution in [0.3, 0.4) is 0 Å². The minimum atomic E-state index is 0.980. The number of pyridine rings is 2. The average molecular weight is 485 g/mol. The van der Waals surface area contributed by atoms with E-state index in [0.29, 0.717) is 0 Å². The molecule has 0 aliphatic carbocycles. The van der Waals surface area contributed by atoms with Gasteiger partial charge in [-0.1, -0.05) is 97.1 Å². The zero-order valence-electron chi connectivity index (χ0n) is 20.8. The SMILES string of the molecule is c1ccc(-c2ccnc(-c3ccc4c(ccc5cc(-c6cc(-c7ccccc7)ccn6)ccc54)c3)c2)cc1. The summed E-state index contributed by atoms with van der Waals surface area (Å²) in [7, 11) is 0. The van der Waals surface area contributed by atoms with Gasteiger partial charge in [-0.3, -0.25) is 9.97 Å². The van der Waals surface area contributed by atoms with Crippen LogP contribution in [0.2, 0.25) is 0 Å². The molecule has 5 aromatic carbocycles. The standard InChI is InChI=1S/C36H24N2/c1-3-7-25(8-4-1)27-17-19-37-35(23-27)31-13-15-33-29(21-31)11-12-30-22-32(14-16-34(30)33)36-24-28(18-20-38-36)26-9-5-2-6-10-26/h1-24H. The zero-order chi connectivity index (χ0) is 25.3. The molecule has 38 heavy (non-hydrogen) atoms. The largest absolute Gasteiger partial charge is 0.256 e. The molecule has 0 amide bonds. The molecule has 2 aromatic heterocycles. The highest BCUT2D eigenvalue weighted by molar-refractivity contribution is 6.09. The Balaban J connectivity index is 1.25. The lowest BCUT2D eigenvalue weighted by Crippen LogP contribution is -1.88. The van der Waals surface area contributed by atoms with Gasteiger partial charge in [0.25, 0.3) is 0 Å². The van der Waals surface area contributed by atoms with Crippen LogP contribution in [0.1, 0.15) is 0 Å². The Hall–Kier alpha value is -5.08. The third-order valence-corrected chi connectivity index (χ3v) is 7.16. The van der Waals surface area contributed by atoms with E-state index in [1.165, 1.54) is 43.8 Å². The van der Waals surface area contributed by atoms with E-state index in [1.807, 2.05) is 24.5 Å².